The van der Waals surface area contributed by atoms with Crippen LogP contribution < -0.4 is 4.90 Å². The van der Waals surface area contributed by atoms with Crippen molar-refractivity contribution in [3.05, 3.63) is 12.4 Å². The van der Waals surface area contributed by atoms with Crippen molar-refractivity contribution in [2.75, 3.05) is 31.1 Å². The van der Waals surface area contributed by atoms with E-state index in [2.05, 4.69) is 20.9 Å². The minimum Gasteiger partial charge on any atom is -0.444 e. The molecule has 6 heteroatoms. The average Bonchev–Trinajstić information content (AvgIpc) is 3.04. The molecule has 0 aliphatic carbocycles. The molecule has 0 unspecified atom stereocenters. The molecular weight excluding hydrogens is 304 g/mol. The van der Waals surface area contributed by atoms with Gasteiger partial charge in [0, 0.05) is 32.4 Å². The van der Waals surface area contributed by atoms with Gasteiger partial charge in [-0.2, -0.15) is 5.10 Å². The summed E-state index contributed by atoms with van der Waals surface area (Å²) in [6, 6.07) is 0.377. The number of rotatable bonds is 2. The van der Waals surface area contributed by atoms with Crippen molar-refractivity contribution >= 4 is 11.8 Å². The van der Waals surface area contributed by atoms with Crippen molar-refractivity contribution < 1.29 is 9.53 Å². The molecule has 3 rings (SSSR count). The van der Waals surface area contributed by atoms with Gasteiger partial charge in [0.15, 0.2) is 0 Å². The normalized spacial score (nSPS) is 20.3. The predicted molar refractivity (Wildman–Crippen MR) is 94.4 cm³/mol. The Kier molecular flexibility index (Phi) is 5.01. The van der Waals surface area contributed by atoms with Crippen molar-refractivity contribution in [2.45, 2.75) is 64.5 Å². The molecule has 2 aliphatic rings. The van der Waals surface area contributed by atoms with E-state index in [1.54, 1.807) is 0 Å². The Labute approximate surface area is 144 Å². The van der Waals surface area contributed by atoms with Crippen LogP contribution in [0.4, 0.5) is 10.5 Å². The van der Waals surface area contributed by atoms with Crippen LogP contribution in [0, 0.1) is 0 Å². The molecule has 1 amide bonds. The quantitative estimate of drug-likeness (QED) is 0.831. The number of hydrogen-bond acceptors (Lipinski definition) is 4. The lowest BCUT2D eigenvalue weighted by molar-refractivity contribution is 0.0185. The largest absolute Gasteiger partial charge is 0.444 e. The highest BCUT2D eigenvalue weighted by Crippen LogP contribution is 2.26. The van der Waals surface area contributed by atoms with Gasteiger partial charge in [-0.3, -0.25) is 4.68 Å². The first-order chi connectivity index (χ1) is 11.4. The molecule has 134 valence electrons. The van der Waals surface area contributed by atoms with Crippen LogP contribution in [-0.4, -0.2) is 52.6 Å². The first kappa shape index (κ1) is 17.1. The summed E-state index contributed by atoms with van der Waals surface area (Å²) in [6.07, 6.45) is 9.73. The number of likely N-dealkylation sites (tertiary alicyclic amines) is 1. The summed E-state index contributed by atoms with van der Waals surface area (Å²) in [4.78, 5) is 16.4. The zero-order valence-electron chi connectivity index (χ0n) is 15.2. The van der Waals surface area contributed by atoms with Crippen LogP contribution in [0.1, 0.15) is 58.9 Å². The van der Waals surface area contributed by atoms with Gasteiger partial charge in [-0.25, -0.2) is 4.79 Å². The molecule has 2 fully saturated rings. The lowest BCUT2D eigenvalue weighted by Crippen LogP contribution is -2.42. The summed E-state index contributed by atoms with van der Waals surface area (Å²) in [6.45, 7) is 9.47. The van der Waals surface area contributed by atoms with E-state index < -0.39 is 5.60 Å². The first-order valence-electron chi connectivity index (χ1n) is 9.19. The number of piperidine rings is 2. The van der Waals surface area contributed by atoms with Crippen LogP contribution in [0.5, 0.6) is 0 Å². The number of carbonyl (C=O) groups is 1. The van der Waals surface area contributed by atoms with E-state index in [4.69, 9.17) is 4.74 Å². The molecule has 24 heavy (non-hydrogen) atoms. The van der Waals surface area contributed by atoms with E-state index in [-0.39, 0.29) is 6.09 Å². The molecule has 0 N–H and O–H groups in total. The number of amides is 1. The first-order valence-corrected chi connectivity index (χ1v) is 9.19. The fraction of sp³-hybridized carbons (Fsp3) is 0.778. The van der Waals surface area contributed by atoms with E-state index in [0.29, 0.717) is 6.04 Å². The molecule has 3 heterocycles. The fourth-order valence-corrected chi connectivity index (χ4v) is 3.48. The number of nitrogens with zero attached hydrogens (tertiary/aromatic N) is 4. The molecule has 2 aliphatic heterocycles. The summed E-state index contributed by atoms with van der Waals surface area (Å²) in [5.74, 6) is 0. The van der Waals surface area contributed by atoms with Gasteiger partial charge in [-0.1, -0.05) is 0 Å². The van der Waals surface area contributed by atoms with Gasteiger partial charge in [0.1, 0.15) is 5.60 Å². The standard InChI is InChI=1S/C18H30N4O2/c1-18(2,3)24-17(23)21-11-7-15(8-12-21)22-14-16(13-19-22)20-9-5-4-6-10-20/h13-15H,4-12H2,1-3H3. The van der Waals surface area contributed by atoms with Crippen molar-refractivity contribution in [1.29, 1.82) is 0 Å². The molecule has 0 spiro atoms. The lowest BCUT2D eigenvalue weighted by Gasteiger charge is -2.33. The maximum atomic E-state index is 12.1. The van der Waals surface area contributed by atoms with E-state index >= 15 is 0 Å². The van der Waals surface area contributed by atoms with Gasteiger partial charge in [0.2, 0.25) is 0 Å². The lowest BCUT2D eigenvalue weighted by atomic mass is 10.1. The number of aromatic nitrogens is 2. The van der Waals surface area contributed by atoms with Crippen molar-refractivity contribution in [1.82, 2.24) is 14.7 Å². The molecule has 0 atom stereocenters. The zero-order chi connectivity index (χ0) is 17.2. The van der Waals surface area contributed by atoms with Crippen molar-refractivity contribution in [3.8, 4) is 0 Å². The highest BCUT2D eigenvalue weighted by molar-refractivity contribution is 5.68. The zero-order valence-corrected chi connectivity index (χ0v) is 15.2. The van der Waals surface area contributed by atoms with Crippen LogP contribution >= 0.6 is 0 Å². The highest BCUT2D eigenvalue weighted by atomic mass is 16.6. The highest BCUT2D eigenvalue weighted by Gasteiger charge is 2.28. The van der Waals surface area contributed by atoms with E-state index in [9.17, 15) is 4.79 Å². The van der Waals surface area contributed by atoms with Gasteiger partial charge < -0.3 is 14.5 Å². The summed E-state index contributed by atoms with van der Waals surface area (Å²) >= 11 is 0. The van der Waals surface area contributed by atoms with E-state index in [0.717, 1.165) is 39.0 Å². The van der Waals surface area contributed by atoms with Gasteiger partial charge in [-0.05, 0) is 52.9 Å². The molecule has 6 nitrogen and oxygen atoms in total. The summed E-state index contributed by atoms with van der Waals surface area (Å²) in [5.41, 5.74) is 0.809. The number of ether oxygens (including phenoxy) is 1. The Morgan fingerprint density at radius 1 is 1.12 bits per heavy atom. The fourth-order valence-electron chi connectivity index (χ4n) is 3.48. The number of hydrogen-bond donors (Lipinski definition) is 0. The van der Waals surface area contributed by atoms with Crippen LogP contribution in [0.2, 0.25) is 0 Å². The van der Waals surface area contributed by atoms with Crippen LogP contribution in [0.15, 0.2) is 12.4 Å². The smallest absolute Gasteiger partial charge is 0.410 e. The van der Waals surface area contributed by atoms with Crippen molar-refractivity contribution in [2.24, 2.45) is 0 Å². The maximum absolute atomic E-state index is 12.1. The molecule has 0 bridgehead atoms. The number of anilines is 1. The molecule has 2 saturated heterocycles. The minimum absolute atomic E-state index is 0.199. The minimum atomic E-state index is -0.431. The third kappa shape index (κ3) is 4.22. The van der Waals surface area contributed by atoms with E-state index in [1.807, 2.05) is 31.9 Å². The SMILES string of the molecule is CC(C)(C)OC(=O)N1CCC(n2cc(N3CCCCC3)cn2)CC1. The second kappa shape index (κ2) is 7.03. The van der Waals surface area contributed by atoms with Gasteiger partial charge in [0.25, 0.3) is 0 Å². The Hall–Kier alpha value is -1.72. The molecule has 0 aromatic carbocycles. The van der Waals surface area contributed by atoms with Crippen LogP contribution in [0.3, 0.4) is 0 Å². The van der Waals surface area contributed by atoms with Gasteiger partial charge >= 0.3 is 6.09 Å². The molecule has 0 radical (unpaired) electrons. The monoisotopic (exact) mass is 334 g/mol. The molecule has 1 aromatic heterocycles. The van der Waals surface area contributed by atoms with Crippen LogP contribution in [-0.2, 0) is 4.74 Å². The van der Waals surface area contributed by atoms with Crippen LogP contribution in [0.25, 0.3) is 0 Å². The van der Waals surface area contributed by atoms with Gasteiger partial charge in [0.05, 0.1) is 17.9 Å². The third-order valence-electron chi connectivity index (χ3n) is 4.80. The van der Waals surface area contributed by atoms with E-state index in [1.165, 1.54) is 24.9 Å². The second-order valence-electron chi connectivity index (χ2n) is 7.92. The Morgan fingerprint density at radius 3 is 2.42 bits per heavy atom. The summed E-state index contributed by atoms with van der Waals surface area (Å²) in [5, 5.41) is 4.58. The second-order valence-corrected chi connectivity index (χ2v) is 7.92. The summed E-state index contributed by atoms with van der Waals surface area (Å²) in [7, 11) is 0. The maximum Gasteiger partial charge on any atom is 0.410 e. The molecule has 0 saturated carbocycles. The topological polar surface area (TPSA) is 50.6 Å². The molecular formula is C18H30N4O2. The predicted octanol–water partition coefficient (Wildman–Crippen LogP) is 3.45. The third-order valence-corrected chi connectivity index (χ3v) is 4.80. The Bertz CT molecular complexity index is 550. The van der Waals surface area contributed by atoms with Gasteiger partial charge in [-0.15, -0.1) is 0 Å². The van der Waals surface area contributed by atoms with Crippen molar-refractivity contribution in [3.63, 3.8) is 0 Å². The molecule has 1 aromatic rings. The summed E-state index contributed by atoms with van der Waals surface area (Å²) < 4.78 is 7.55. The Morgan fingerprint density at radius 2 is 1.79 bits per heavy atom. The average molecular weight is 334 g/mol. The number of carbonyl (C=O) groups excluding carboxylic acids is 1. The Balaban J connectivity index is 1.53.